The van der Waals surface area contributed by atoms with Gasteiger partial charge in [-0.25, -0.2) is 4.98 Å². The quantitative estimate of drug-likeness (QED) is 0.796. The van der Waals surface area contributed by atoms with E-state index in [-0.39, 0.29) is 24.8 Å². The Kier molecular flexibility index (Phi) is 5.73. The van der Waals surface area contributed by atoms with E-state index >= 15 is 0 Å². The fraction of sp³-hybridized carbons (Fsp3) is 0.368. The number of hydrogen-bond acceptors (Lipinski definition) is 5. The van der Waals surface area contributed by atoms with Gasteiger partial charge >= 0.3 is 6.36 Å². The topological polar surface area (TPSA) is 54.9 Å². The zero-order valence-corrected chi connectivity index (χ0v) is 15.4. The van der Waals surface area contributed by atoms with E-state index in [1.165, 1.54) is 18.2 Å². The van der Waals surface area contributed by atoms with Gasteiger partial charge in [-0.2, -0.15) is 0 Å². The van der Waals surface area contributed by atoms with Gasteiger partial charge in [-0.05, 0) is 29.8 Å². The Morgan fingerprint density at radius 3 is 2.79 bits per heavy atom. The van der Waals surface area contributed by atoms with E-state index in [1.807, 2.05) is 14.1 Å². The van der Waals surface area contributed by atoms with Crippen LogP contribution in [0.1, 0.15) is 22.2 Å². The SMILES string of the molecule is CN(C)c1cccnc1C(=O)N1CCOC(c2cccc(OC(F)(F)F)c2)C1. The van der Waals surface area contributed by atoms with Crippen LogP contribution in [0.3, 0.4) is 0 Å². The highest BCUT2D eigenvalue weighted by molar-refractivity contribution is 5.97. The number of hydrogen-bond donors (Lipinski definition) is 0. The van der Waals surface area contributed by atoms with Crippen LogP contribution >= 0.6 is 0 Å². The van der Waals surface area contributed by atoms with E-state index in [0.29, 0.717) is 23.5 Å². The highest BCUT2D eigenvalue weighted by Crippen LogP contribution is 2.29. The molecule has 1 atom stereocenters. The smallest absolute Gasteiger partial charge is 0.406 e. The van der Waals surface area contributed by atoms with Gasteiger partial charge < -0.3 is 19.3 Å². The standard InChI is InChI=1S/C19H20F3N3O3/c1-24(2)15-7-4-8-23-17(15)18(26)25-9-10-27-16(12-25)13-5-3-6-14(11-13)28-19(20,21)22/h3-8,11,16H,9-10,12H2,1-2H3. The molecule has 9 heteroatoms. The van der Waals surface area contributed by atoms with Crippen molar-refractivity contribution < 1.29 is 27.4 Å². The summed E-state index contributed by atoms with van der Waals surface area (Å²) in [6, 6.07) is 9.16. The van der Waals surface area contributed by atoms with Crippen LogP contribution in [0.2, 0.25) is 0 Å². The lowest BCUT2D eigenvalue weighted by atomic mass is 10.1. The van der Waals surface area contributed by atoms with Crippen molar-refractivity contribution >= 4 is 11.6 Å². The van der Waals surface area contributed by atoms with Crippen LogP contribution < -0.4 is 9.64 Å². The van der Waals surface area contributed by atoms with Crippen LogP contribution in [-0.4, -0.2) is 55.9 Å². The minimum absolute atomic E-state index is 0.206. The highest BCUT2D eigenvalue weighted by Gasteiger charge is 2.32. The summed E-state index contributed by atoms with van der Waals surface area (Å²) in [6.45, 7) is 0.847. The van der Waals surface area contributed by atoms with E-state index in [9.17, 15) is 18.0 Å². The lowest BCUT2D eigenvalue weighted by Gasteiger charge is -2.33. The molecule has 0 radical (unpaired) electrons. The Morgan fingerprint density at radius 1 is 1.29 bits per heavy atom. The van der Waals surface area contributed by atoms with Gasteiger partial charge in [0.1, 0.15) is 11.9 Å². The monoisotopic (exact) mass is 395 g/mol. The van der Waals surface area contributed by atoms with Gasteiger partial charge in [0, 0.05) is 26.8 Å². The van der Waals surface area contributed by atoms with Crippen molar-refractivity contribution in [2.45, 2.75) is 12.5 Å². The number of ether oxygens (including phenoxy) is 2. The van der Waals surface area contributed by atoms with Crippen molar-refractivity contribution in [3.63, 3.8) is 0 Å². The molecular formula is C19H20F3N3O3. The predicted octanol–water partition coefficient (Wildman–Crippen LogP) is 3.26. The third-order valence-electron chi connectivity index (χ3n) is 4.29. The molecule has 1 fully saturated rings. The number of aromatic nitrogens is 1. The summed E-state index contributed by atoms with van der Waals surface area (Å²) in [6.07, 6.45) is -3.77. The molecule has 1 aromatic carbocycles. The Morgan fingerprint density at radius 2 is 2.07 bits per heavy atom. The van der Waals surface area contributed by atoms with Gasteiger partial charge in [0.05, 0.1) is 18.8 Å². The second kappa shape index (κ2) is 8.05. The molecule has 0 spiro atoms. The maximum atomic E-state index is 13.0. The first-order valence-corrected chi connectivity index (χ1v) is 8.63. The number of pyridine rings is 1. The van der Waals surface area contributed by atoms with Gasteiger partial charge in [0.2, 0.25) is 0 Å². The van der Waals surface area contributed by atoms with Crippen molar-refractivity contribution in [3.8, 4) is 5.75 Å². The minimum atomic E-state index is -4.77. The van der Waals surface area contributed by atoms with Crippen molar-refractivity contribution in [3.05, 3.63) is 53.9 Å². The Bertz CT molecular complexity index is 842. The highest BCUT2D eigenvalue weighted by atomic mass is 19.4. The molecule has 6 nitrogen and oxygen atoms in total. The van der Waals surface area contributed by atoms with Gasteiger partial charge in [-0.3, -0.25) is 4.79 Å². The molecule has 1 aromatic heterocycles. The van der Waals surface area contributed by atoms with Crippen LogP contribution in [0.25, 0.3) is 0 Å². The van der Waals surface area contributed by atoms with E-state index in [0.717, 1.165) is 0 Å². The number of nitrogens with zero attached hydrogens (tertiary/aromatic N) is 3. The number of amides is 1. The largest absolute Gasteiger partial charge is 0.573 e. The Hall–Kier alpha value is -2.81. The van der Waals surface area contributed by atoms with E-state index < -0.39 is 12.5 Å². The molecule has 28 heavy (non-hydrogen) atoms. The normalized spacial score (nSPS) is 17.3. The molecule has 1 amide bonds. The fourth-order valence-corrected chi connectivity index (χ4v) is 3.02. The van der Waals surface area contributed by atoms with Crippen molar-refractivity contribution in [2.24, 2.45) is 0 Å². The van der Waals surface area contributed by atoms with Crippen LogP contribution in [0, 0.1) is 0 Å². The summed E-state index contributed by atoms with van der Waals surface area (Å²) < 4.78 is 47.0. The molecule has 0 aliphatic carbocycles. The second-order valence-corrected chi connectivity index (χ2v) is 6.50. The maximum absolute atomic E-state index is 13.0. The molecule has 2 aromatic rings. The lowest BCUT2D eigenvalue weighted by molar-refractivity contribution is -0.274. The van der Waals surface area contributed by atoms with Crippen LogP contribution in [0.4, 0.5) is 18.9 Å². The fourth-order valence-electron chi connectivity index (χ4n) is 3.02. The van der Waals surface area contributed by atoms with Crippen LogP contribution in [0.15, 0.2) is 42.6 Å². The zero-order valence-electron chi connectivity index (χ0n) is 15.4. The van der Waals surface area contributed by atoms with E-state index in [2.05, 4.69) is 9.72 Å². The first-order valence-electron chi connectivity index (χ1n) is 8.63. The number of halogens is 3. The average Bonchev–Trinajstić information content (AvgIpc) is 2.66. The van der Waals surface area contributed by atoms with Crippen molar-refractivity contribution in [1.29, 1.82) is 0 Å². The molecular weight excluding hydrogens is 375 g/mol. The van der Waals surface area contributed by atoms with Crippen molar-refractivity contribution in [1.82, 2.24) is 9.88 Å². The molecule has 0 bridgehead atoms. The summed E-state index contributed by atoms with van der Waals surface area (Å²) in [5, 5.41) is 0. The molecule has 1 aliphatic heterocycles. The van der Waals surface area contributed by atoms with Gasteiger partial charge in [0.15, 0.2) is 5.69 Å². The Balaban J connectivity index is 1.78. The summed E-state index contributed by atoms with van der Waals surface area (Å²) in [7, 11) is 3.64. The number of rotatable bonds is 4. The molecule has 3 rings (SSSR count). The number of morpholine rings is 1. The second-order valence-electron chi connectivity index (χ2n) is 6.50. The summed E-state index contributed by atoms with van der Waals surface area (Å²) in [5.74, 6) is -0.572. The van der Waals surface area contributed by atoms with Gasteiger partial charge in [0.25, 0.3) is 5.91 Å². The maximum Gasteiger partial charge on any atom is 0.573 e. The average molecular weight is 395 g/mol. The third kappa shape index (κ3) is 4.72. The first kappa shape index (κ1) is 19.9. The lowest BCUT2D eigenvalue weighted by Crippen LogP contribution is -2.43. The number of benzene rings is 1. The molecule has 0 N–H and O–H groups in total. The molecule has 1 saturated heterocycles. The third-order valence-corrected chi connectivity index (χ3v) is 4.29. The number of carbonyl (C=O) groups excluding carboxylic acids is 1. The van der Waals surface area contributed by atoms with Crippen LogP contribution in [-0.2, 0) is 4.74 Å². The summed E-state index contributed by atoms with van der Waals surface area (Å²) >= 11 is 0. The molecule has 1 aliphatic rings. The molecule has 1 unspecified atom stereocenters. The molecule has 0 saturated carbocycles. The summed E-state index contributed by atoms with van der Waals surface area (Å²) in [4.78, 5) is 20.6. The Labute approximate surface area is 160 Å². The van der Waals surface area contributed by atoms with E-state index in [1.54, 1.807) is 34.2 Å². The number of anilines is 1. The summed E-state index contributed by atoms with van der Waals surface area (Å²) in [5.41, 5.74) is 1.52. The molecule has 2 heterocycles. The minimum Gasteiger partial charge on any atom is -0.406 e. The predicted molar refractivity (Wildman–Crippen MR) is 96.3 cm³/mol. The number of alkyl halides is 3. The first-order chi connectivity index (χ1) is 13.2. The van der Waals surface area contributed by atoms with Crippen LogP contribution in [0.5, 0.6) is 5.75 Å². The van der Waals surface area contributed by atoms with Gasteiger partial charge in [-0.1, -0.05) is 12.1 Å². The number of carbonyl (C=O) groups is 1. The van der Waals surface area contributed by atoms with Crippen molar-refractivity contribution in [2.75, 3.05) is 38.7 Å². The zero-order chi connectivity index (χ0) is 20.3. The molecule has 150 valence electrons. The van der Waals surface area contributed by atoms with Gasteiger partial charge in [-0.15, -0.1) is 13.2 Å². The van der Waals surface area contributed by atoms with E-state index in [4.69, 9.17) is 4.74 Å².